The molecule has 0 saturated carbocycles. The molecule has 0 saturated heterocycles. The molecule has 2 N–H and O–H groups in total. The number of hydrogen-bond acceptors (Lipinski definition) is 4. The van der Waals surface area contributed by atoms with Crippen LogP contribution >= 0.6 is 11.3 Å². The first-order chi connectivity index (χ1) is 9.52. The lowest BCUT2D eigenvalue weighted by atomic mass is 10.1. The number of imide groups is 1. The maximum atomic E-state index is 12.5. The van der Waals surface area contributed by atoms with E-state index in [1.54, 1.807) is 29.5 Å². The van der Waals surface area contributed by atoms with Gasteiger partial charge in [0.05, 0.1) is 17.2 Å². The maximum absolute atomic E-state index is 12.5. The molecule has 0 aliphatic carbocycles. The topological polar surface area (TPSA) is 63.4 Å². The van der Waals surface area contributed by atoms with Gasteiger partial charge < -0.3 is 5.73 Å². The normalized spacial score (nSPS) is 15.6. The van der Waals surface area contributed by atoms with Crippen molar-refractivity contribution in [1.29, 1.82) is 0 Å². The summed E-state index contributed by atoms with van der Waals surface area (Å²) in [6, 6.07) is 6.71. The third-order valence-electron chi connectivity index (χ3n) is 3.65. The predicted molar refractivity (Wildman–Crippen MR) is 78.8 cm³/mol. The van der Waals surface area contributed by atoms with Gasteiger partial charge in [0, 0.05) is 10.6 Å². The van der Waals surface area contributed by atoms with Gasteiger partial charge in [-0.2, -0.15) is 0 Å². The summed E-state index contributed by atoms with van der Waals surface area (Å²) in [6.07, 6.45) is 0. The lowest BCUT2D eigenvalue weighted by Crippen LogP contribution is -2.32. The first-order valence-electron chi connectivity index (χ1n) is 6.32. The summed E-state index contributed by atoms with van der Waals surface area (Å²) in [5.41, 5.74) is 8.02. The Labute approximate surface area is 120 Å². The van der Waals surface area contributed by atoms with Crippen LogP contribution in [0, 0.1) is 6.92 Å². The predicted octanol–water partition coefficient (Wildman–Crippen LogP) is 3.00. The van der Waals surface area contributed by atoms with E-state index in [4.69, 9.17) is 5.73 Å². The Kier molecular flexibility index (Phi) is 2.87. The third-order valence-corrected chi connectivity index (χ3v) is 4.84. The number of nitrogens with zero attached hydrogens (tertiary/aromatic N) is 1. The Morgan fingerprint density at radius 3 is 2.55 bits per heavy atom. The quantitative estimate of drug-likeness (QED) is 0.682. The Hall–Kier alpha value is -2.14. The fourth-order valence-corrected chi connectivity index (χ4v) is 3.59. The van der Waals surface area contributed by atoms with Gasteiger partial charge in [0.1, 0.15) is 0 Å². The molecule has 4 nitrogen and oxygen atoms in total. The van der Waals surface area contributed by atoms with E-state index in [-0.39, 0.29) is 17.9 Å². The van der Waals surface area contributed by atoms with Crippen LogP contribution in [0.1, 0.15) is 44.1 Å². The highest BCUT2D eigenvalue weighted by Crippen LogP contribution is 2.36. The average molecular weight is 286 g/mol. The fourth-order valence-electron chi connectivity index (χ4n) is 2.61. The van der Waals surface area contributed by atoms with Crippen molar-refractivity contribution in [2.45, 2.75) is 19.9 Å². The van der Waals surface area contributed by atoms with Crippen LogP contribution in [0.3, 0.4) is 0 Å². The molecule has 1 unspecified atom stereocenters. The molecule has 2 amide bonds. The molecule has 1 aliphatic rings. The van der Waals surface area contributed by atoms with E-state index >= 15 is 0 Å². The zero-order valence-corrected chi connectivity index (χ0v) is 12.0. The van der Waals surface area contributed by atoms with Gasteiger partial charge >= 0.3 is 0 Å². The van der Waals surface area contributed by atoms with Crippen LogP contribution < -0.4 is 5.73 Å². The number of anilines is 1. The first-order valence-corrected chi connectivity index (χ1v) is 7.20. The van der Waals surface area contributed by atoms with Crippen molar-refractivity contribution in [2.75, 3.05) is 5.73 Å². The van der Waals surface area contributed by atoms with Crippen LogP contribution in [0.4, 0.5) is 5.69 Å². The van der Waals surface area contributed by atoms with Gasteiger partial charge in [-0.15, -0.1) is 11.3 Å². The number of carbonyl (C=O) groups is 2. The minimum atomic E-state index is -0.302. The Bertz CT molecular complexity index is 720. The van der Waals surface area contributed by atoms with Gasteiger partial charge in [0.15, 0.2) is 0 Å². The SMILES string of the molecule is Cc1ccsc1C(C)N1C(=O)c2cccc(N)c2C1=O. The van der Waals surface area contributed by atoms with E-state index < -0.39 is 0 Å². The lowest BCUT2D eigenvalue weighted by Gasteiger charge is -2.22. The molecule has 0 bridgehead atoms. The zero-order chi connectivity index (χ0) is 14.4. The minimum Gasteiger partial charge on any atom is -0.398 e. The standard InChI is InChI=1S/C15H14N2O2S/c1-8-6-7-20-13(8)9(2)17-14(18)10-4-3-5-11(16)12(10)15(17)19/h3-7,9H,16H2,1-2H3. The summed E-state index contributed by atoms with van der Waals surface area (Å²) in [6.45, 7) is 3.85. The van der Waals surface area contributed by atoms with Gasteiger partial charge in [-0.1, -0.05) is 6.07 Å². The summed E-state index contributed by atoms with van der Waals surface area (Å²) in [7, 11) is 0. The highest BCUT2D eigenvalue weighted by Gasteiger charge is 2.40. The van der Waals surface area contributed by atoms with Crippen molar-refractivity contribution in [3.63, 3.8) is 0 Å². The summed E-state index contributed by atoms with van der Waals surface area (Å²) >= 11 is 1.55. The molecule has 1 aromatic heterocycles. The van der Waals surface area contributed by atoms with Crippen LogP contribution in [0.25, 0.3) is 0 Å². The van der Waals surface area contributed by atoms with Gasteiger partial charge in [0.25, 0.3) is 11.8 Å². The van der Waals surface area contributed by atoms with E-state index in [0.717, 1.165) is 10.4 Å². The number of nitrogen functional groups attached to an aromatic ring is 1. The number of amides is 2. The Morgan fingerprint density at radius 1 is 1.20 bits per heavy atom. The fraction of sp³-hybridized carbons (Fsp3) is 0.200. The molecular formula is C15H14N2O2S. The molecule has 5 heteroatoms. The molecule has 102 valence electrons. The number of aryl methyl sites for hydroxylation is 1. The van der Waals surface area contributed by atoms with Crippen LogP contribution in [0.5, 0.6) is 0 Å². The van der Waals surface area contributed by atoms with Crippen molar-refractivity contribution in [1.82, 2.24) is 4.90 Å². The highest BCUT2D eigenvalue weighted by atomic mass is 32.1. The smallest absolute Gasteiger partial charge is 0.264 e. The number of carbonyl (C=O) groups excluding carboxylic acids is 2. The van der Waals surface area contributed by atoms with E-state index in [9.17, 15) is 9.59 Å². The van der Waals surface area contributed by atoms with Crippen molar-refractivity contribution in [2.24, 2.45) is 0 Å². The zero-order valence-electron chi connectivity index (χ0n) is 11.2. The number of hydrogen-bond donors (Lipinski definition) is 1. The van der Waals surface area contributed by atoms with Gasteiger partial charge in [-0.3, -0.25) is 14.5 Å². The lowest BCUT2D eigenvalue weighted by molar-refractivity contribution is 0.0598. The molecule has 1 aromatic carbocycles. The second-order valence-corrected chi connectivity index (χ2v) is 5.84. The summed E-state index contributed by atoms with van der Waals surface area (Å²) in [5, 5.41) is 1.97. The third kappa shape index (κ3) is 1.67. The summed E-state index contributed by atoms with van der Waals surface area (Å²) in [5.74, 6) is -0.569. The van der Waals surface area contributed by atoms with Gasteiger partial charge in [0.2, 0.25) is 0 Å². The second kappa shape index (κ2) is 4.45. The molecule has 2 aromatic rings. The first kappa shape index (κ1) is 12.9. The average Bonchev–Trinajstić information content (AvgIpc) is 2.93. The number of fused-ring (bicyclic) bond motifs is 1. The molecular weight excluding hydrogens is 272 g/mol. The van der Waals surface area contributed by atoms with E-state index in [2.05, 4.69) is 0 Å². The van der Waals surface area contributed by atoms with Crippen molar-refractivity contribution in [3.05, 3.63) is 51.2 Å². The van der Waals surface area contributed by atoms with Crippen LogP contribution in [0.2, 0.25) is 0 Å². The second-order valence-electron chi connectivity index (χ2n) is 4.89. The van der Waals surface area contributed by atoms with Crippen LogP contribution in [0.15, 0.2) is 29.6 Å². The molecule has 1 atom stereocenters. The van der Waals surface area contributed by atoms with Crippen LogP contribution in [-0.2, 0) is 0 Å². The van der Waals surface area contributed by atoms with Crippen molar-refractivity contribution >= 4 is 28.8 Å². The number of nitrogens with two attached hydrogens (primary N) is 1. The van der Waals surface area contributed by atoms with Gasteiger partial charge in [-0.05, 0) is 43.0 Å². The van der Waals surface area contributed by atoms with E-state index in [1.807, 2.05) is 25.3 Å². The Balaban J connectivity index is 2.06. The number of rotatable bonds is 2. The Morgan fingerprint density at radius 2 is 1.95 bits per heavy atom. The van der Waals surface area contributed by atoms with Crippen molar-refractivity contribution in [3.8, 4) is 0 Å². The van der Waals surface area contributed by atoms with E-state index in [0.29, 0.717) is 16.8 Å². The molecule has 1 aliphatic heterocycles. The highest BCUT2D eigenvalue weighted by molar-refractivity contribution is 7.10. The molecule has 0 fully saturated rings. The van der Waals surface area contributed by atoms with Crippen LogP contribution in [-0.4, -0.2) is 16.7 Å². The number of thiophene rings is 1. The number of benzene rings is 1. The monoisotopic (exact) mass is 286 g/mol. The molecule has 20 heavy (non-hydrogen) atoms. The minimum absolute atomic E-state index is 0.266. The molecule has 2 heterocycles. The maximum Gasteiger partial charge on any atom is 0.264 e. The van der Waals surface area contributed by atoms with Crippen molar-refractivity contribution < 1.29 is 9.59 Å². The summed E-state index contributed by atoms with van der Waals surface area (Å²) in [4.78, 5) is 27.3. The molecule has 3 rings (SSSR count). The van der Waals surface area contributed by atoms with E-state index in [1.165, 1.54) is 4.90 Å². The van der Waals surface area contributed by atoms with Gasteiger partial charge in [-0.25, -0.2) is 0 Å². The molecule has 0 spiro atoms. The summed E-state index contributed by atoms with van der Waals surface area (Å²) < 4.78 is 0. The largest absolute Gasteiger partial charge is 0.398 e. The molecule has 0 radical (unpaired) electrons.